The third-order valence-electron chi connectivity index (χ3n) is 2.56. The fourth-order valence-corrected chi connectivity index (χ4v) is 1.84. The lowest BCUT2D eigenvalue weighted by Gasteiger charge is -2.20. The molecule has 0 aromatic heterocycles. The molecule has 1 amide bonds. The number of ether oxygens (including phenoxy) is 1. The minimum atomic E-state index is -1.01. The average Bonchev–Trinajstić information content (AvgIpc) is 2.36. The van der Waals surface area contributed by atoms with Gasteiger partial charge in [0.1, 0.15) is 12.3 Å². The second-order valence-electron chi connectivity index (χ2n) is 4.81. The lowest BCUT2D eigenvalue weighted by Crippen LogP contribution is -2.36. The molecule has 0 spiro atoms. The van der Waals surface area contributed by atoms with Crippen molar-refractivity contribution in [1.29, 1.82) is 0 Å². The maximum absolute atomic E-state index is 12.3. The number of carbonyl (C=O) groups is 2. The molecule has 0 saturated heterocycles. The minimum absolute atomic E-state index is 0.0196. The molecule has 0 unspecified atom stereocenters. The van der Waals surface area contributed by atoms with Gasteiger partial charge in [-0.15, -0.1) is 0 Å². The molecule has 0 aliphatic carbocycles. The lowest BCUT2D eigenvalue weighted by atomic mass is 10.2. The molecule has 5 nitrogen and oxygen atoms in total. The highest BCUT2D eigenvalue weighted by Gasteiger charge is 2.18. The van der Waals surface area contributed by atoms with Gasteiger partial charge < -0.3 is 14.7 Å². The van der Waals surface area contributed by atoms with Crippen LogP contribution in [0.25, 0.3) is 0 Å². The van der Waals surface area contributed by atoms with Crippen molar-refractivity contribution >= 4 is 11.9 Å². The van der Waals surface area contributed by atoms with Crippen molar-refractivity contribution in [1.82, 2.24) is 4.90 Å². The summed E-state index contributed by atoms with van der Waals surface area (Å²) in [7, 11) is 0. The van der Waals surface area contributed by atoms with Crippen molar-refractivity contribution in [3.05, 3.63) is 29.8 Å². The number of hydrogen-bond donors (Lipinski definition) is 1. The van der Waals surface area contributed by atoms with Crippen LogP contribution in [0.2, 0.25) is 0 Å². The van der Waals surface area contributed by atoms with Crippen molar-refractivity contribution < 1.29 is 19.4 Å². The van der Waals surface area contributed by atoms with E-state index in [4.69, 9.17) is 9.84 Å². The van der Waals surface area contributed by atoms with Crippen molar-refractivity contribution in [3.8, 4) is 5.75 Å². The monoisotopic (exact) mass is 279 g/mol. The summed E-state index contributed by atoms with van der Waals surface area (Å²) >= 11 is 0. The zero-order valence-corrected chi connectivity index (χ0v) is 12.1. The van der Waals surface area contributed by atoms with E-state index < -0.39 is 5.97 Å². The minimum Gasteiger partial charge on any atom is -0.491 e. The normalized spacial score (nSPS) is 10.4. The van der Waals surface area contributed by atoms with Crippen LogP contribution in [0.1, 0.15) is 37.6 Å². The quantitative estimate of drug-likeness (QED) is 0.832. The number of nitrogens with zero attached hydrogens (tertiary/aromatic N) is 1. The van der Waals surface area contributed by atoms with Gasteiger partial charge in [0.2, 0.25) is 0 Å². The predicted octanol–water partition coefficient (Wildman–Crippen LogP) is 2.41. The largest absolute Gasteiger partial charge is 0.491 e. The lowest BCUT2D eigenvalue weighted by molar-refractivity contribution is -0.137. The maximum Gasteiger partial charge on any atom is 0.323 e. The summed E-state index contributed by atoms with van der Waals surface area (Å²) in [5, 5.41) is 8.86. The number of carboxylic acid groups (broad SMARTS) is 1. The molecule has 1 aromatic rings. The molecule has 20 heavy (non-hydrogen) atoms. The first-order chi connectivity index (χ1) is 9.43. The Hall–Kier alpha value is -2.04. The number of hydrogen-bond acceptors (Lipinski definition) is 3. The summed E-state index contributed by atoms with van der Waals surface area (Å²) in [5.41, 5.74) is 0.442. The standard InChI is InChI=1S/C15H21NO4/c1-4-8-16(10-14(17)18)15(19)12-6-5-7-13(9-12)20-11(2)3/h5-7,9,11H,4,8,10H2,1-3H3,(H,17,18). The summed E-state index contributed by atoms with van der Waals surface area (Å²) in [6, 6.07) is 6.82. The van der Waals surface area contributed by atoms with Crippen LogP contribution in [-0.4, -0.2) is 41.1 Å². The van der Waals surface area contributed by atoms with Crippen molar-refractivity contribution in [2.45, 2.75) is 33.3 Å². The van der Waals surface area contributed by atoms with Crippen LogP contribution in [0.4, 0.5) is 0 Å². The van der Waals surface area contributed by atoms with E-state index in [0.717, 1.165) is 0 Å². The molecular formula is C15H21NO4. The Morgan fingerprint density at radius 2 is 2.05 bits per heavy atom. The van der Waals surface area contributed by atoms with Gasteiger partial charge in [0, 0.05) is 12.1 Å². The van der Waals surface area contributed by atoms with Crippen LogP contribution in [0.3, 0.4) is 0 Å². The van der Waals surface area contributed by atoms with Gasteiger partial charge in [-0.1, -0.05) is 13.0 Å². The van der Waals surface area contributed by atoms with E-state index in [1.165, 1.54) is 4.90 Å². The highest BCUT2D eigenvalue weighted by Crippen LogP contribution is 2.16. The highest BCUT2D eigenvalue weighted by atomic mass is 16.5. The van der Waals surface area contributed by atoms with Gasteiger partial charge in [0.25, 0.3) is 5.91 Å². The Morgan fingerprint density at radius 1 is 1.35 bits per heavy atom. The van der Waals surface area contributed by atoms with Gasteiger partial charge in [-0.05, 0) is 38.5 Å². The van der Waals surface area contributed by atoms with E-state index >= 15 is 0 Å². The van der Waals surface area contributed by atoms with Gasteiger partial charge in [-0.2, -0.15) is 0 Å². The van der Waals surface area contributed by atoms with Gasteiger partial charge >= 0.3 is 5.97 Å². The summed E-state index contributed by atoms with van der Waals surface area (Å²) in [6.45, 7) is 5.84. The van der Waals surface area contributed by atoms with Crippen LogP contribution in [0.5, 0.6) is 5.75 Å². The van der Waals surface area contributed by atoms with E-state index in [1.54, 1.807) is 24.3 Å². The molecule has 110 valence electrons. The second-order valence-corrected chi connectivity index (χ2v) is 4.81. The zero-order chi connectivity index (χ0) is 15.1. The fraction of sp³-hybridized carbons (Fsp3) is 0.467. The molecule has 5 heteroatoms. The Labute approximate surface area is 119 Å². The van der Waals surface area contributed by atoms with Gasteiger partial charge in [0.05, 0.1) is 6.10 Å². The maximum atomic E-state index is 12.3. The molecule has 0 heterocycles. The summed E-state index contributed by atoms with van der Waals surface area (Å²) in [6.07, 6.45) is 0.729. The number of rotatable bonds is 7. The van der Waals surface area contributed by atoms with Crippen molar-refractivity contribution in [2.75, 3.05) is 13.1 Å². The number of amides is 1. The summed E-state index contributed by atoms with van der Waals surface area (Å²) in [4.78, 5) is 24.5. The third-order valence-corrected chi connectivity index (χ3v) is 2.56. The van der Waals surface area contributed by atoms with Crippen LogP contribution in [0.15, 0.2) is 24.3 Å². The molecule has 0 saturated carbocycles. The van der Waals surface area contributed by atoms with Crippen LogP contribution in [-0.2, 0) is 4.79 Å². The van der Waals surface area contributed by atoms with Crippen LogP contribution >= 0.6 is 0 Å². The third kappa shape index (κ3) is 4.91. The number of benzene rings is 1. The predicted molar refractivity (Wildman–Crippen MR) is 76.0 cm³/mol. The number of aliphatic carboxylic acids is 1. The second kappa shape index (κ2) is 7.53. The topological polar surface area (TPSA) is 66.8 Å². The average molecular weight is 279 g/mol. The van der Waals surface area contributed by atoms with E-state index in [9.17, 15) is 9.59 Å². The zero-order valence-electron chi connectivity index (χ0n) is 12.1. The fourth-order valence-electron chi connectivity index (χ4n) is 1.84. The van der Waals surface area contributed by atoms with Gasteiger partial charge in [0.15, 0.2) is 0 Å². The Morgan fingerprint density at radius 3 is 2.60 bits per heavy atom. The molecule has 0 radical (unpaired) electrons. The molecule has 1 aromatic carbocycles. The van der Waals surface area contributed by atoms with E-state index in [1.807, 2.05) is 20.8 Å². The molecule has 0 fully saturated rings. The molecule has 0 bridgehead atoms. The van der Waals surface area contributed by atoms with Gasteiger partial charge in [-0.25, -0.2) is 0 Å². The van der Waals surface area contributed by atoms with Gasteiger partial charge in [-0.3, -0.25) is 9.59 Å². The Bertz CT molecular complexity index is 471. The first-order valence-corrected chi connectivity index (χ1v) is 6.71. The smallest absolute Gasteiger partial charge is 0.323 e. The molecule has 0 atom stereocenters. The van der Waals surface area contributed by atoms with E-state index in [-0.39, 0.29) is 18.6 Å². The van der Waals surface area contributed by atoms with Crippen molar-refractivity contribution in [2.24, 2.45) is 0 Å². The first-order valence-electron chi connectivity index (χ1n) is 6.71. The van der Waals surface area contributed by atoms with E-state index in [2.05, 4.69) is 0 Å². The highest BCUT2D eigenvalue weighted by molar-refractivity contribution is 5.96. The Balaban J connectivity index is 2.90. The van der Waals surface area contributed by atoms with Crippen molar-refractivity contribution in [3.63, 3.8) is 0 Å². The number of carbonyl (C=O) groups excluding carboxylic acids is 1. The SMILES string of the molecule is CCCN(CC(=O)O)C(=O)c1cccc(OC(C)C)c1. The molecule has 1 N–H and O–H groups in total. The van der Waals surface area contributed by atoms with Crippen LogP contribution in [0, 0.1) is 0 Å². The molecule has 1 rings (SSSR count). The first kappa shape index (κ1) is 16.0. The summed E-state index contributed by atoms with van der Waals surface area (Å²) in [5.74, 6) is -0.692. The molecule has 0 aliphatic rings. The van der Waals surface area contributed by atoms with Crippen LogP contribution < -0.4 is 4.74 Å². The Kier molecular flexibility index (Phi) is 6.03. The molecule has 0 aliphatic heterocycles. The molecular weight excluding hydrogens is 258 g/mol. The number of carboxylic acids is 1. The van der Waals surface area contributed by atoms with E-state index in [0.29, 0.717) is 24.3 Å². The summed E-state index contributed by atoms with van der Waals surface area (Å²) < 4.78 is 5.54.